The van der Waals surface area contributed by atoms with Gasteiger partial charge in [-0.15, -0.1) is 0 Å². The summed E-state index contributed by atoms with van der Waals surface area (Å²) in [4.78, 5) is 23.0. The van der Waals surface area contributed by atoms with Crippen LogP contribution in [0.15, 0.2) is 42.6 Å². The van der Waals surface area contributed by atoms with E-state index in [1.54, 1.807) is 6.20 Å². The molecule has 0 bridgehead atoms. The normalized spacial score (nSPS) is 19.9. The van der Waals surface area contributed by atoms with E-state index in [2.05, 4.69) is 20.6 Å². The maximum atomic E-state index is 12.2. The summed E-state index contributed by atoms with van der Waals surface area (Å²) in [6.07, 6.45) is 5.69. The lowest BCUT2D eigenvalue weighted by Crippen LogP contribution is -2.40. The lowest BCUT2D eigenvalue weighted by atomic mass is 9.91. The van der Waals surface area contributed by atoms with Gasteiger partial charge >= 0.3 is 0 Å². The number of benzene rings is 1. The fourth-order valence-corrected chi connectivity index (χ4v) is 3.09. The van der Waals surface area contributed by atoms with Crippen LogP contribution in [0.25, 0.3) is 0 Å². The van der Waals surface area contributed by atoms with Crippen molar-refractivity contribution in [2.45, 2.75) is 37.8 Å². The summed E-state index contributed by atoms with van der Waals surface area (Å²) in [5, 5.41) is 6.56. The molecule has 0 radical (unpaired) electrons. The number of amides is 1. The quantitative estimate of drug-likeness (QED) is 0.876. The Bertz CT molecular complexity index is 696. The van der Waals surface area contributed by atoms with E-state index in [1.165, 1.54) is 0 Å². The zero-order valence-corrected chi connectivity index (χ0v) is 14.8. The highest BCUT2D eigenvalue weighted by Gasteiger charge is 2.23. The van der Waals surface area contributed by atoms with Crippen LogP contribution in [0.1, 0.15) is 36.0 Å². The third-order valence-electron chi connectivity index (χ3n) is 4.53. The number of rotatable bonds is 5. The van der Waals surface area contributed by atoms with Gasteiger partial charge in [0.1, 0.15) is 5.82 Å². The fourth-order valence-electron chi connectivity index (χ4n) is 3.09. The summed E-state index contributed by atoms with van der Waals surface area (Å²) in [6.45, 7) is 0. The van der Waals surface area contributed by atoms with Gasteiger partial charge in [-0.05, 0) is 43.9 Å². The molecule has 2 N–H and O–H groups in total. The molecule has 1 heterocycles. The molecule has 1 fully saturated rings. The van der Waals surface area contributed by atoms with Crippen LogP contribution in [0.5, 0.6) is 0 Å². The Morgan fingerprint density at radius 1 is 1.04 bits per heavy atom. The molecule has 0 unspecified atom stereocenters. The predicted octanol–water partition coefficient (Wildman–Crippen LogP) is 2.70. The second kappa shape index (κ2) is 7.96. The van der Waals surface area contributed by atoms with Crippen LogP contribution < -0.4 is 15.5 Å². The third-order valence-corrected chi connectivity index (χ3v) is 4.53. The molecule has 0 atom stereocenters. The summed E-state index contributed by atoms with van der Waals surface area (Å²) < 4.78 is 0. The number of hydrogen-bond donors (Lipinski definition) is 2. The van der Waals surface area contributed by atoms with Crippen LogP contribution >= 0.6 is 0 Å². The van der Waals surface area contributed by atoms with Crippen molar-refractivity contribution in [3.05, 3.63) is 48.2 Å². The lowest BCUT2D eigenvalue weighted by molar-refractivity contribution is 0.0926. The van der Waals surface area contributed by atoms with Crippen LogP contribution in [0.4, 0.5) is 11.8 Å². The van der Waals surface area contributed by atoms with Crippen molar-refractivity contribution in [2.75, 3.05) is 24.3 Å². The van der Waals surface area contributed by atoms with Gasteiger partial charge in [0.15, 0.2) is 0 Å². The molecule has 1 amide bonds. The maximum Gasteiger partial charge on any atom is 0.251 e. The molecule has 6 nitrogen and oxygen atoms in total. The molecule has 0 spiro atoms. The third kappa shape index (κ3) is 4.68. The van der Waals surface area contributed by atoms with Crippen molar-refractivity contribution >= 4 is 17.7 Å². The number of carbonyl (C=O) groups is 1. The SMILES string of the molecule is CN(C)c1ccnc(N[C@H]2CC[C@@H](NC(=O)c3ccccc3)CC2)n1. The van der Waals surface area contributed by atoms with Crippen molar-refractivity contribution in [3.63, 3.8) is 0 Å². The first-order chi connectivity index (χ1) is 12.1. The smallest absolute Gasteiger partial charge is 0.251 e. The van der Waals surface area contributed by atoms with Gasteiger partial charge in [-0.2, -0.15) is 4.98 Å². The number of carbonyl (C=O) groups excluding carboxylic acids is 1. The molecule has 0 saturated heterocycles. The zero-order valence-electron chi connectivity index (χ0n) is 14.8. The van der Waals surface area contributed by atoms with Gasteiger partial charge in [-0.3, -0.25) is 4.79 Å². The van der Waals surface area contributed by atoms with Gasteiger partial charge < -0.3 is 15.5 Å². The van der Waals surface area contributed by atoms with E-state index in [0.717, 1.165) is 37.1 Å². The van der Waals surface area contributed by atoms with Crippen molar-refractivity contribution < 1.29 is 4.79 Å². The number of nitrogens with one attached hydrogen (secondary N) is 2. The van der Waals surface area contributed by atoms with Gasteiger partial charge in [-0.25, -0.2) is 4.98 Å². The molecule has 1 aliphatic carbocycles. The Labute approximate surface area is 148 Å². The Morgan fingerprint density at radius 2 is 1.72 bits per heavy atom. The first kappa shape index (κ1) is 17.2. The van der Waals surface area contributed by atoms with Crippen LogP contribution in [0, 0.1) is 0 Å². The Kier molecular flexibility index (Phi) is 5.48. The number of nitrogens with zero attached hydrogens (tertiary/aromatic N) is 3. The van der Waals surface area contributed by atoms with E-state index >= 15 is 0 Å². The first-order valence-electron chi connectivity index (χ1n) is 8.74. The van der Waals surface area contributed by atoms with Gasteiger partial charge in [0.05, 0.1) is 0 Å². The second-order valence-electron chi connectivity index (χ2n) is 6.67. The van der Waals surface area contributed by atoms with Crippen molar-refractivity contribution in [1.29, 1.82) is 0 Å². The molecule has 2 aromatic rings. The zero-order chi connectivity index (χ0) is 17.6. The molecule has 6 heteroatoms. The lowest BCUT2D eigenvalue weighted by Gasteiger charge is -2.29. The maximum absolute atomic E-state index is 12.2. The number of aromatic nitrogens is 2. The summed E-state index contributed by atoms with van der Waals surface area (Å²) >= 11 is 0. The molecule has 132 valence electrons. The van der Waals surface area contributed by atoms with E-state index in [1.807, 2.05) is 55.4 Å². The second-order valence-corrected chi connectivity index (χ2v) is 6.67. The fraction of sp³-hybridized carbons (Fsp3) is 0.421. The van der Waals surface area contributed by atoms with E-state index in [9.17, 15) is 4.79 Å². The standard InChI is InChI=1S/C19H25N5O/c1-24(2)17-12-13-20-19(23-17)22-16-10-8-15(9-11-16)21-18(25)14-6-4-3-5-7-14/h3-7,12-13,15-16H,8-11H2,1-2H3,(H,21,25)(H,20,22,23)/t15-,16+. The molecule has 1 aromatic carbocycles. The summed E-state index contributed by atoms with van der Waals surface area (Å²) in [6, 6.07) is 11.9. The van der Waals surface area contributed by atoms with Crippen LogP contribution in [-0.2, 0) is 0 Å². The van der Waals surface area contributed by atoms with Crippen LogP contribution in [0.2, 0.25) is 0 Å². The van der Waals surface area contributed by atoms with Gasteiger partial charge in [0.25, 0.3) is 5.91 Å². The topological polar surface area (TPSA) is 70.2 Å². The monoisotopic (exact) mass is 339 g/mol. The van der Waals surface area contributed by atoms with Crippen molar-refractivity contribution in [1.82, 2.24) is 15.3 Å². The van der Waals surface area contributed by atoms with Crippen LogP contribution in [0.3, 0.4) is 0 Å². The van der Waals surface area contributed by atoms with E-state index in [0.29, 0.717) is 12.0 Å². The minimum absolute atomic E-state index is 0.0130. The molecule has 0 aliphatic heterocycles. The summed E-state index contributed by atoms with van der Waals surface area (Å²) in [5.41, 5.74) is 0.719. The van der Waals surface area contributed by atoms with E-state index in [4.69, 9.17) is 0 Å². The molecular formula is C19H25N5O. The van der Waals surface area contributed by atoms with Crippen LogP contribution in [-0.4, -0.2) is 42.1 Å². The minimum atomic E-state index is 0.0130. The molecule has 3 rings (SSSR count). The highest BCUT2D eigenvalue weighted by Crippen LogP contribution is 2.22. The number of anilines is 2. The Balaban J connectivity index is 1.49. The Morgan fingerprint density at radius 3 is 2.40 bits per heavy atom. The largest absolute Gasteiger partial charge is 0.363 e. The predicted molar refractivity (Wildman–Crippen MR) is 99.9 cm³/mol. The van der Waals surface area contributed by atoms with Crippen molar-refractivity contribution in [3.8, 4) is 0 Å². The van der Waals surface area contributed by atoms with Gasteiger partial charge in [0.2, 0.25) is 5.95 Å². The highest BCUT2D eigenvalue weighted by atomic mass is 16.1. The summed E-state index contributed by atoms with van der Waals surface area (Å²) in [7, 11) is 3.93. The van der Waals surface area contributed by atoms with Gasteiger partial charge in [-0.1, -0.05) is 18.2 Å². The average molecular weight is 339 g/mol. The molecule has 1 saturated carbocycles. The molecule has 1 aromatic heterocycles. The minimum Gasteiger partial charge on any atom is -0.363 e. The van der Waals surface area contributed by atoms with Crippen molar-refractivity contribution in [2.24, 2.45) is 0 Å². The first-order valence-corrected chi connectivity index (χ1v) is 8.74. The highest BCUT2D eigenvalue weighted by molar-refractivity contribution is 5.94. The average Bonchev–Trinajstić information content (AvgIpc) is 2.64. The Hall–Kier alpha value is -2.63. The number of hydrogen-bond acceptors (Lipinski definition) is 5. The summed E-state index contributed by atoms with van der Waals surface area (Å²) in [5.74, 6) is 1.57. The van der Waals surface area contributed by atoms with Gasteiger partial charge in [0, 0.05) is 37.9 Å². The molecule has 25 heavy (non-hydrogen) atoms. The molecular weight excluding hydrogens is 314 g/mol. The van der Waals surface area contributed by atoms with E-state index < -0.39 is 0 Å². The van der Waals surface area contributed by atoms with E-state index in [-0.39, 0.29) is 11.9 Å². The molecule has 1 aliphatic rings.